The highest BCUT2D eigenvalue weighted by Crippen LogP contribution is 2.32. The summed E-state index contributed by atoms with van der Waals surface area (Å²) in [5, 5.41) is 13.8. The zero-order chi connectivity index (χ0) is 21.4. The molecule has 4 rings (SSSR count). The minimum atomic E-state index is -0.976. The quantitative estimate of drug-likeness (QED) is 0.627. The largest absolute Gasteiger partial charge is 0.508 e. The number of rotatable bonds is 5. The normalized spacial score (nSPS) is 14.3. The van der Waals surface area contributed by atoms with Gasteiger partial charge in [-0.3, -0.25) is 19.3 Å². The second kappa shape index (κ2) is 7.63. The van der Waals surface area contributed by atoms with Gasteiger partial charge < -0.3 is 10.4 Å². The van der Waals surface area contributed by atoms with E-state index in [0.29, 0.717) is 28.6 Å². The number of amides is 3. The number of anilines is 1. The average Bonchev–Trinajstić information content (AvgIpc) is 2.71. The van der Waals surface area contributed by atoms with E-state index in [0.717, 1.165) is 10.3 Å². The Kier molecular flexibility index (Phi) is 4.99. The lowest BCUT2D eigenvalue weighted by atomic mass is 9.91. The molecule has 1 unspecified atom stereocenters. The molecule has 3 aromatic rings. The SMILES string of the molecule is CC(C)CC(C(=O)Nc1cccc(O)c1)N1C(=O)c2cccc3cccc(c23)C1=O. The Morgan fingerprint density at radius 1 is 0.967 bits per heavy atom. The van der Waals surface area contributed by atoms with Crippen molar-refractivity contribution in [2.24, 2.45) is 5.92 Å². The zero-order valence-corrected chi connectivity index (χ0v) is 16.8. The second-order valence-corrected chi connectivity index (χ2v) is 7.87. The summed E-state index contributed by atoms with van der Waals surface area (Å²) < 4.78 is 0. The summed E-state index contributed by atoms with van der Waals surface area (Å²) in [6, 6.07) is 15.8. The van der Waals surface area contributed by atoms with Crippen molar-refractivity contribution in [3.8, 4) is 5.75 Å². The number of nitrogens with zero attached hydrogens (tertiary/aromatic N) is 1. The van der Waals surface area contributed by atoms with Crippen LogP contribution in [0.5, 0.6) is 5.75 Å². The molecule has 6 heteroatoms. The molecule has 1 aliphatic rings. The molecule has 3 amide bonds. The standard InChI is InChI=1S/C24H22N2O4/c1-14(2)12-20(22(28)25-16-8-5-9-17(27)13-16)26-23(29)18-10-3-6-15-7-4-11-19(21(15)18)24(26)30/h3-11,13-14,20,27H,12H2,1-2H3,(H,25,28). The third kappa shape index (κ3) is 3.41. The number of nitrogens with one attached hydrogen (secondary N) is 1. The molecular formula is C24H22N2O4. The molecule has 0 aliphatic carbocycles. The first kappa shape index (κ1) is 19.6. The number of aromatic hydroxyl groups is 1. The van der Waals surface area contributed by atoms with Crippen LogP contribution in [-0.2, 0) is 4.79 Å². The zero-order valence-electron chi connectivity index (χ0n) is 16.8. The van der Waals surface area contributed by atoms with Crippen LogP contribution < -0.4 is 5.32 Å². The van der Waals surface area contributed by atoms with Crippen LogP contribution in [0.3, 0.4) is 0 Å². The minimum Gasteiger partial charge on any atom is -0.508 e. The van der Waals surface area contributed by atoms with Crippen LogP contribution in [0.4, 0.5) is 5.69 Å². The fourth-order valence-corrected chi connectivity index (χ4v) is 3.92. The molecule has 0 aromatic heterocycles. The molecule has 0 bridgehead atoms. The molecule has 1 heterocycles. The Morgan fingerprint density at radius 2 is 1.57 bits per heavy atom. The number of phenols is 1. The van der Waals surface area contributed by atoms with Gasteiger partial charge in [0, 0.05) is 28.3 Å². The molecule has 152 valence electrons. The van der Waals surface area contributed by atoms with Crippen molar-refractivity contribution in [1.82, 2.24) is 4.90 Å². The van der Waals surface area contributed by atoms with Crippen LogP contribution in [0.1, 0.15) is 41.0 Å². The van der Waals surface area contributed by atoms with Crippen LogP contribution in [0.2, 0.25) is 0 Å². The highest BCUT2D eigenvalue weighted by molar-refractivity contribution is 6.26. The van der Waals surface area contributed by atoms with Crippen molar-refractivity contribution in [1.29, 1.82) is 0 Å². The van der Waals surface area contributed by atoms with Crippen LogP contribution >= 0.6 is 0 Å². The van der Waals surface area contributed by atoms with Crippen molar-refractivity contribution in [3.63, 3.8) is 0 Å². The van der Waals surface area contributed by atoms with Gasteiger partial charge in [-0.2, -0.15) is 0 Å². The minimum absolute atomic E-state index is 0.0129. The van der Waals surface area contributed by atoms with E-state index in [-0.39, 0.29) is 11.7 Å². The Labute approximate surface area is 174 Å². The Hall–Kier alpha value is -3.67. The molecule has 1 atom stereocenters. The van der Waals surface area contributed by atoms with Gasteiger partial charge in [0.2, 0.25) is 5.91 Å². The molecule has 6 nitrogen and oxygen atoms in total. The van der Waals surface area contributed by atoms with Gasteiger partial charge in [0.25, 0.3) is 11.8 Å². The highest BCUT2D eigenvalue weighted by atomic mass is 16.3. The van der Waals surface area contributed by atoms with Crippen molar-refractivity contribution >= 4 is 34.2 Å². The predicted octanol–water partition coefficient (Wildman–Crippen LogP) is 4.19. The lowest BCUT2D eigenvalue weighted by molar-refractivity contribution is -0.120. The fourth-order valence-electron chi connectivity index (χ4n) is 3.92. The van der Waals surface area contributed by atoms with Crippen molar-refractivity contribution < 1.29 is 19.5 Å². The third-order valence-corrected chi connectivity index (χ3v) is 5.23. The molecule has 0 saturated heterocycles. The van der Waals surface area contributed by atoms with Gasteiger partial charge in [-0.05, 0) is 42.0 Å². The summed E-state index contributed by atoms with van der Waals surface area (Å²) in [6.07, 6.45) is 0.320. The highest BCUT2D eigenvalue weighted by Gasteiger charge is 2.40. The van der Waals surface area contributed by atoms with E-state index in [1.807, 2.05) is 26.0 Å². The lowest BCUT2D eigenvalue weighted by Gasteiger charge is -2.33. The lowest BCUT2D eigenvalue weighted by Crippen LogP contribution is -2.52. The van der Waals surface area contributed by atoms with E-state index >= 15 is 0 Å². The van der Waals surface area contributed by atoms with Crippen molar-refractivity contribution in [2.75, 3.05) is 5.32 Å². The number of imide groups is 1. The summed E-state index contributed by atoms with van der Waals surface area (Å²) in [6.45, 7) is 3.87. The van der Waals surface area contributed by atoms with Crippen LogP contribution in [0.15, 0.2) is 60.7 Å². The second-order valence-electron chi connectivity index (χ2n) is 7.87. The summed E-state index contributed by atoms with van der Waals surface area (Å²) in [4.78, 5) is 40.9. The summed E-state index contributed by atoms with van der Waals surface area (Å²) in [7, 11) is 0. The Bertz CT molecular complexity index is 1120. The van der Waals surface area contributed by atoms with Crippen LogP contribution in [0.25, 0.3) is 10.8 Å². The van der Waals surface area contributed by atoms with E-state index < -0.39 is 23.8 Å². The molecule has 1 aliphatic heterocycles. The van der Waals surface area contributed by atoms with E-state index in [1.165, 1.54) is 12.1 Å². The number of carbonyl (C=O) groups excluding carboxylic acids is 3. The van der Waals surface area contributed by atoms with Gasteiger partial charge in [0.15, 0.2) is 0 Å². The maximum Gasteiger partial charge on any atom is 0.262 e. The monoisotopic (exact) mass is 402 g/mol. The van der Waals surface area contributed by atoms with Gasteiger partial charge >= 0.3 is 0 Å². The van der Waals surface area contributed by atoms with E-state index in [2.05, 4.69) is 5.32 Å². The van der Waals surface area contributed by atoms with Gasteiger partial charge in [0.05, 0.1) is 0 Å². The van der Waals surface area contributed by atoms with Gasteiger partial charge in [-0.25, -0.2) is 0 Å². The van der Waals surface area contributed by atoms with Crippen molar-refractivity contribution in [3.05, 3.63) is 71.8 Å². The number of carbonyl (C=O) groups is 3. The van der Waals surface area contributed by atoms with E-state index in [4.69, 9.17) is 0 Å². The Morgan fingerprint density at radius 3 is 2.13 bits per heavy atom. The summed E-state index contributed by atoms with van der Waals surface area (Å²) in [5.41, 5.74) is 1.23. The van der Waals surface area contributed by atoms with Gasteiger partial charge in [0.1, 0.15) is 11.8 Å². The summed E-state index contributed by atoms with van der Waals surface area (Å²) >= 11 is 0. The third-order valence-electron chi connectivity index (χ3n) is 5.23. The first-order chi connectivity index (χ1) is 14.4. The van der Waals surface area contributed by atoms with Gasteiger partial charge in [-0.1, -0.05) is 44.2 Å². The van der Waals surface area contributed by atoms with E-state index in [1.54, 1.807) is 36.4 Å². The smallest absolute Gasteiger partial charge is 0.262 e. The fraction of sp³-hybridized carbons (Fsp3) is 0.208. The molecule has 30 heavy (non-hydrogen) atoms. The summed E-state index contributed by atoms with van der Waals surface area (Å²) in [5.74, 6) is -1.33. The van der Waals surface area contributed by atoms with Crippen molar-refractivity contribution in [2.45, 2.75) is 26.3 Å². The number of hydrogen-bond acceptors (Lipinski definition) is 4. The topological polar surface area (TPSA) is 86.7 Å². The number of hydrogen-bond donors (Lipinski definition) is 2. The predicted molar refractivity (Wildman–Crippen MR) is 114 cm³/mol. The Balaban J connectivity index is 1.75. The number of phenolic OH excluding ortho intramolecular Hbond substituents is 1. The molecular weight excluding hydrogens is 380 g/mol. The molecule has 0 fully saturated rings. The number of benzene rings is 3. The molecule has 0 radical (unpaired) electrons. The average molecular weight is 402 g/mol. The molecule has 0 saturated carbocycles. The first-order valence-corrected chi connectivity index (χ1v) is 9.86. The first-order valence-electron chi connectivity index (χ1n) is 9.86. The van der Waals surface area contributed by atoms with Crippen LogP contribution in [-0.4, -0.2) is 33.8 Å². The molecule has 3 aromatic carbocycles. The van der Waals surface area contributed by atoms with Crippen LogP contribution in [0, 0.1) is 5.92 Å². The maximum atomic E-state index is 13.3. The molecule has 0 spiro atoms. The molecule has 2 N–H and O–H groups in total. The van der Waals surface area contributed by atoms with E-state index in [9.17, 15) is 19.5 Å². The van der Waals surface area contributed by atoms with Gasteiger partial charge in [-0.15, -0.1) is 0 Å². The maximum absolute atomic E-state index is 13.3.